The number of hydrogen-bond acceptors (Lipinski definition) is 8. The summed E-state index contributed by atoms with van der Waals surface area (Å²) in [6.45, 7) is 1.79. The summed E-state index contributed by atoms with van der Waals surface area (Å²) in [6, 6.07) is 0. The molecule has 1 saturated carbocycles. The minimum atomic E-state index is -0.609. The summed E-state index contributed by atoms with van der Waals surface area (Å²) in [4.78, 5) is 38.3. The molecule has 1 aromatic heterocycles. The lowest BCUT2D eigenvalue weighted by molar-refractivity contribution is -0.155. The number of rotatable bonds is 8. The molecule has 0 aromatic carbocycles. The van der Waals surface area contributed by atoms with Gasteiger partial charge in [-0.05, 0) is 18.8 Å². The molecule has 1 heterocycles. The van der Waals surface area contributed by atoms with Crippen molar-refractivity contribution < 1.29 is 14.8 Å². The van der Waals surface area contributed by atoms with Crippen molar-refractivity contribution in [2.24, 2.45) is 17.7 Å². The Balaban J connectivity index is 2.29. The first-order chi connectivity index (χ1) is 12.4. The summed E-state index contributed by atoms with van der Waals surface area (Å²) < 4.78 is 0. The van der Waals surface area contributed by atoms with Crippen molar-refractivity contribution in [3.05, 3.63) is 5.82 Å². The largest absolute Gasteiger partial charge is 0.347 e. The molecule has 1 aliphatic carbocycles. The molecule has 0 spiro atoms. The van der Waals surface area contributed by atoms with Gasteiger partial charge in [0.25, 0.3) is 5.95 Å². The molecule has 0 saturated heterocycles. The van der Waals surface area contributed by atoms with Crippen LogP contribution in [0.2, 0.25) is 0 Å². The number of carbonyl (C=O) groups excluding carboxylic acids is 2. The summed E-state index contributed by atoms with van der Waals surface area (Å²) in [5.74, 6) is 6.06. The number of aryl methyl sites for hydroxylation is 1. The number of aromatic nitrogens is 3. The van der Waals surface area contributed by atoms with Crippen LogP contribution in [0.5, 0.6) is 0 Å². The van der Waals surface area contributed by atoms with Crippen molar-refractivity contribution in [1.82, 2.24) is 20.0 Å². The Morgan fingerprint density at radius 1 is 1.27 bits per heavy atom. The highest BCUT2D eigenvalue weighted by Gasteiger charge is 2.35. The molecule has 0 unspecified atom stereocenters. The third-order valence-electron chi connectivity index (χ3n) is 4.62. The minimum absolute atomic E-state index is 0.0592. The average Bonchev–Trinajstić information content (AvgIpc) is 3.18. The van der Waals surface area contributed by atoms with E-state index in [0.717, 1.165) is 30.7 Å². The standard InChI is InChI=1S/C16H27N7O3/c1-4-13-18-15(21(2)3)20-16(19-13)23(17)14(25)12(9-22(26)10-24)11-7-5-6-8-11/h10-12,26H,4-9,17H2,1-3H3/t12-/m0/s1. The first-order valence-electron chi connectivity index (χ1n) is 8.79. The lowest BCUT2D eigenvalue weighted by Gasteiger charge is -2.28. The number of nitrogens with zero attached hydrogens (tertiary/aromatic N) is 6. The van der Waals surface area contributed by atoms with Crippen LogP contribution < -0.4 is 15.8 Å². The predicted octanol–water partition coefficient (Wildman–Crippen LogP) is 0.361. The quantitative estimate of drug-likeness (QED) is 0.222. The molecule has 2 rings (SSSR count). The molecule has 1 aliphatic rings. The summed E-state index contributed by atoms with van der Waals surface area (Å²) in [5.41, 5.74) is 0. The highest BCUT2D eigenvalue weighted by atomic mass is 16.5. The summed E-state index contributed by atoms with van der Waals surface area (Å²) in [6.07, 6.45) is 4.61. The van der Waals surface area contributed by atoms with Crippen LogP contribution in [0.4, 0.5) is 11.9 Å². The lowest BCUT2D eigenvalue weighted by atomic mass is 9.89. The normalized spacial score (nSPS) is 15.6. The van der Waals surface area contributed by atoms with Crippen molar-refractivity contribution in [3.63, 3.8) is 0 Å². The Morgan fingerprint density at radius 3 is 2.42 bits per heavy atom. The second-order valence-electron chi connectivity index (χ2n) is 6.69. The molecule has 0 radical (unpaired) electrons. The molecule has 2 amide bonds. The van der Waals surface area contributed by atoms with Crippen LogP contribution in [0, 0.1) is 11.8 Å². The van der Waals surface area contributed by atoms with Gasteiger partial charge in [-0.2, -0.15) is 15.0 Å². The van der Waals surface area contributed by atoms with Gasteiger partial charge in [0.15, 0.2) is 0 Å². The van der Waals surface area contributed by atoms with Crippen LogP contribution in [-0.4, -0.2) is 58.2 Å². The van der Waals surface area contributed by atoms with Crippen molar-refractivity contribution >= 4 is 24.2 Å². The Hall–Kier alpha value is -2.33. The first kappa shape index (κ1) is 20.0. The van der Waals surface area contributed by atoms with E-state index in [4.69, 9.17) is 5.84 Å². The van der Waals surface area contributed by atoms with Gasteiger partial charge < -0.3 is 4.90 Å². The van der Waals surface area contributed by atoms with Gasteiger partial charge in [-0.15, -0.1) is 0 Å². The summed E-state index contributed by atoms with van der Waals surface area (Å²) >= 11 is 0. The smallest absolute Gasteiger partial charge is 0.252 e. The molecular weight excluding hydrogens is 338 g/mol. The number of hydrazine groups is 1. The number of carbonyl (C=O) groups is 2. The molecule has 1 fully saturated rings. The van der Waals surface area contributed by atoms with Gasteiger partial charge in [0.2, 0.25) is 18.3 Å². The zero-order valence-corrected chi connectivity index (χ0v) is 15.5. The lowest BCUT2D eigenvalue weighted by Crippen LogP contribution is -2.48. The molecule has 10 nitrogen and oxygen atoms in total. The average molecular weight is 365 g/mol. The van der Waals surface area contributed by atoms with Gasteiger partial charge in [-0.1, -0.05) is 19.8 Å². The number of anilines is 2. The van der Waals surface area contributed by atoms with E-state index in [-0.39, 0.29) is 18.4 Å². The molecular formula is C16H27N7O3. The van der Waals surface area contributed by atoms with E-state index in [1.165, 1.54) is 0 Å². The van der Waals surface area contributed by atoms with E-state index in [2.05, 4.69) is 15.0 Å². The second-order valence-corrected chi connectivity index (χ2v) is 6.69. The van der Waals surface area contributed by atoms with Gasteiger partial charge in [0, 0.05) is 20.5 Å². The van der Waals surface area contributed by atoms with Crippen LogP contribution in [-0.2, 0) is 16.0 Å². The first-order valence-corrected chi connectivity index (χ1v) is 8.79. The van der Waals surface area contributed by atoms with Gasteiger partial charge in [-0.25, -0.2) is 15.9 Å². The fraction of sp³-hybridized carbons (Fsp3) is 0.688. The summed E-state index contributed by atoms with van der Waals surface area (Å²) in [5, 5.41) is 11.0. The molecule has 0 bridgehead atoms. The van der Waals surface area contributed by atoms with Gasteiger partial charge in [0.1, 0.15) is 5.82 Å². The van der Waals surface area contributed by atoms with Crippen LogP contribution >= 0.6 is 0 Å². The van der Waals surface area contributed by atoms with E-state index < -0.39 is 11.8 Å². The van der Waals surface area contributed by atoms with Crippen molar-refractivity contribution in [2.75, 3.05) is 30.5 Å². The number of amides is 2. The Morgan fingerprint density at radius 2 is 1.88 bits per heavy atom. The number of nitrogens with two attached hydrogens (primary N) is 1. The van der Waals surface area contributed by atoms with Crippen molar-refractivity contribution in [2.45, 2.75) is 39.0 Å². The zero-order chi connectivity index (χ0) is 19.3. The van der Waals surface area contributed by atoms with Gasteiger partial charge in [0.05, 0.1) is 12.5 Å². The zero-order valence-electron chi connectivity index (χ0n) is 15.5. The molecule has 0 aliphatic heterocycles. The van der Waals surface area contributed by atoms with Crippen molar-refractivity contribution in [3.8, 4) is 0 Å². The van der Waals surface area contributed by atoms with E-state index in [1.807, 2.05) is 6.92 Å². The molecule has 1 atom stereocenters. The number of hydrogen-bond donors (Lipinski definition) is 2. The molecule has 1 aromatic rings. The fourth-order valence-electron chi connectivity index (χ4n) is 3.17. The highest BCUT2D eigenvalue weighted by Crippen LogP contribution is 2.33. The molecule has 144 valence electrons. The maximum atomic E-state index is 13.0. The third-order valence-corrected chi connectivity index (χ3v) is 4.62. The second kappa shape index (κ2) is 8.86. The Kier molecular flexibility index (Phi) is 6.81. The fourth-order valence-corrected chi connectivity index (χ4v) is 3.17. The minimum Gasteiger partial charge on any atom is -0.347 e. The van der Waals surface area contributed by atoms with Crippen LogP contribution in [0.3, 0.4) is 0 Å². The van der Waals surface area contributed by atoms with Crippen LogP contribution in [0.1, 0.15) is 38.4 Å². The molecule has 26 heavy (non-hydrogen) atoms. The van der Waals surface area contributed by atoms with Gasteiger partial charge >= 0.3 is 0 Å². The van der Waals surface area contributed by atoms with E-state index in [0.29, 0.717) is 29.7 Å². The monoisotopic (exact) mass is 365 g/mol. The Bertz CT molecular complexity index is 634. The van der Waals surface area contributed by atoms with Gasteiger partial charge in [-0.3, -0.25) is 14.8 Å². The summed E-state index contributed by atoms with van der Waals surface area (Å²) in [7, 11) is 3.58. The van der Waals surface area contributed by atoms with E-state index in [9.17, 15) is 14.8 Å². The van der Waals surface area contributed by atoms with Crippen LogP contribution in [0.15, 0.2) is 0 Å². The van der Waals surface area contributed by atoms with Crippen LogP contribution in [0.25, 0.3) is 0 Å². The van der Waals surface area contributed by atoms with E-state index in [1.54, 1.807) is 19.0 Å². The maximum Gasteiger partial charge on any atom is 0.252 e. The molecule has 10 heteroatoms. The van der Waals surface area contributed by atoms with E-state index >= 15 is 0 Å². The molecule has 3 N–H and O–H groups in total. The Labute approximate surface area is 152 Å². The highest BCUT2D eigenvalue weighted by molar-refractivity contribution is 5.92. The number of hydroxylamine groups is 2. The predicted molar refractivity (Wildman–Crippen MR) is 95.2 cm³/mol. The van der Waals surface area contributed by atoms with Crippen molar-refractivity contribution in [1.29, 1.82) is 0 Å². The maximum absolute atomic E-state index is 13.0. The SMILES string of the molecule is CCc1nc(N(C)C)nc(N(N)C(=O)[C@@H](CN(O)C=O)C2CCCC2)n1. The third kappa shape index (κ3) is 4.64. The topological polar surface area (TPSA) is 129 Å².